The number of rotatable bonds is 6. The smallest absolute Gasteiger partial charge is 0.339 e. The van der Waals surface area contributed by atoms with Crippen LogP contribution in [0.2, 0.25) is 0 Å². The molecule has 0 bridgehead atoms. The molecule has 4 heteroatoms. The Bertz CT molecular complexity index is 488. The summed E-state index contributed by atoms with van der Waals surface area (Å²) in [5, 5.41) is 0. The first kappa shape index (κ1) is 19.2. The first-order chi connectivity index (χ1) is 10.6. The lowest BCUT2D eigenvalue weighted by molar-refractivity contribution is -0.142. The molecule has 0 spiro atoms. The Morgan fingerprint density at radius 2 is 1.22 bits per heavy atom. The van der Waals surface area contributed by atoms with E-state index in [9.17, 15) is 9.59 Å². The maximum atomic E-state index is 12.3. The summed E-state index contributed by atoms with van der Waals surface area (Å²) in [7, 11) is 0. The number of hydrogen-bond donors (Lipinski definition) is 0. The number of esters is 2. The van der Waals surface area contributed by atoms with Gasteiger partial charge in [-0.2, -0.15) is 0 Å². The van der Waals surface area contributed by atoms with E-state index in [2.05, 4.69) is 0 Å². The van der Waals surface area contributed by atoms with Crippen molar-refractivity contribution >= 4 is 11.9 Å². The zero-order valence-corrected chi connectivity index (χ0v) is 15.0. The number of carbonyl (C=O) groups is 2. The van der Waals surface area contributed by atoms with Crippen LogP contribution >= 0.6 is 0 Å². The van der Waals surface area contributed by atoms with Gasteiger partial charge in [0.2, 0.25) is 0 Å². The third-order valence-corrected chi connectivity index (χ3v) is 3.18. The van der Waals surface area contributed by atoms with Crippen molar-refractivity contribution < 1.29 is 19.1 Å². The minimum absolute atomic E-state index is 0.234. The molecular weight excluding hydrogens is 292 g/mol. The maximum Gasteiger partial charge on any atom is 0.339 e. The Morgan fingerprint density at radius 1 is 0.870 bits per heavy atom. The van der Waals surface area contributed by atoms with Crippen molar-refractivity contribution in [2.24, 2.45) is 17.3 Å². The average Bonchev–Trinajstić information content (AvgIpc) is 2.60. The van der Waals surface area contributed by atoms with E-state index >= 15 is 0 Å². The molecule has 0 aromatic carbocycles. The molecule has 128 valence electrons. The Morgan fingerprint density at radius 3 is 1.52 bits per heavy atom. The third-order valence-electron chi connectivity index (χ3n) is 3.18. The monoisotopic (exact) mass is 320 g/mol. The van der Waals surface area contributed by atoms with Crippen LogP contribution in [-0.4, -0.2) is 25.2 Å². The second-order valence-electron chi connectivity index (χ2n) is 7.30. The highest BCUT2D eigenvalue weighted by atomic mass is 16.5. The number of carbonyl (C=O) groups excluding carboxylic acids is 2. The summed E-state index contributed by atoms with van der Waals surface area (Å²) >= 11 is 0. The molecule has 23 heavy (non-hydrogen) atoms. The van der Waals surface area contributed by atoms with Crippen LogP contribution in [0.1, 0.15) is 41.5 Å². The molecule has 0 heterocycles. The van der Waals surface area contributed by atoms with E-state index in [1.54, 1.807) is 12.2 Å². The quantitative estimate of drug-likeness (QED) is 0.698. The van der Waals surface area contributed by atoms with Crippen molar-refractivity contribution in [2.45, 2.75) is 41.5 Å². The van der Waals surface area contributed by atoms with Crippen LogP contribution in [0.4, 0.5) is 0 Å². The van der Waals surface area contributed by atoms with Gasteiger partial charge in [0.05, 0.1) is 24.4 Å². The zero-order valence-electron chi connectivity index (χ0n) is 15.0. The lowest BCUT2D eigenvalue weighted by Crippen LogP contribution is -2.17. The summed E-state index contributed by atoms with van der Waals surface area (Å²) in [6.45, 7) is 12.5. The van der Waals surface area contributed by atoms with Gasteiger partial charge in [-0.1, -0.05) is 53.7 Å². The minimum Gasteiger partial charge on any atom is -0.462 e. The second-order valence-corrected chi connectivity index (χ2v) is 7.30. The van der Waals surface area contributed by atoms with Crippen LogP contribution in [0.5, 0.6) is 0 Å². The molecule has 0 atom stereocenters. The molecule has 0 aromatic rings. The predicted molar refractivity (Wildman–Crippen MR) is 90.7 cm³/mol. The lowest BCUT2D eigenvalue weighted by Gasteiger charge is -2.12. The van der Waals surface area contributed by atoms with Crippen LogP contribution < -0.4 is 0 Å². The molecule has 1 aliphatic rings. The van der Waals surface area contributed by atoms with Gasteiger partial charge in [-0.3, -0.25) is 0 Å². The van der Waals surface area contributed by atoms with Crippen molar-refractivity contribution in [1.29, 1.82) is 0 Å². The number of allylic oxidation sites excluding steroid dienone is 2. The summed E-state index contributed by atoms with van der Waals surface area (Å²) in [4.78, 5) is 24.7. The first-order valence-electron chi connectivity index (χ1n) is 8.09. The van der Waals surface area contributed by atoms with Crippen LogP contribution in [0.15, 0.2) is 35.5 Å². The molecule has 0 amide bonds. The second kappa shape index (κ2) is 8.14. The van der Waals surface area contributed by atoms with Gasteiger partial charge in [-0.15, -0.1) is 0 Å². The fourth-order valence-electron chi connectivity index (χ4n) is 1.83. The lowest BCUT2D eigenvalue weighted by atomic mass is 9.93. The highest BCUT2D eigenvalue weighted by Gasteiger charge is 2.24. The summed E-state index contributed by atoms with van der Waals surface area (Å²) in [5.74, 6) is -0.516. The average molecular weight is 320 g/mol. The van der Waals surface area contributed by atoms with Crippen LogP contribution in [0.3, 0.4) is 0 Å². The van der Waals surface area contributed by atoms with Gasteiger partial charge >= 0.3 is 11.9 Å². The van der Waals surface area contributed by atoms with Gasteiger partial charge in [0.15, 0.2) is 0 Å². The van der Waals surface area contributed by atoms with Gasteiger partial charge in [0.25, 0.3) is 0 Å². The van der Waals surface area contributed by atoms with Gasteiger partial charge < -0.3 is 9.47 Å². The molecular formula is C19H28O4. The van der Waals surface area contributed by atoms with E-state index in [0.29, 0.717) is 13.2 Å². The van der Waals surface area contributed by atoms with E-state index in [1.807, 2.05) is 53.7 Å². The SMILES string of the molecule is CC(C)COC(=O)C1=C(C(=O)OCC(C)C)C=CC(C)(C)C=C1. The van der Waals surface area contributed by atoms with E-state index < -0.39 is 11.9 Å². The first-order valence-corrected chi connectivity index (χ1v) is 8.09. The molecule has 1 rings (SSSR count). The topological polar surface area (TPSA) is 52.6 Å². The summed E-state index contributed by atoms with van der Waals surface area (Å²) < 4.78 is 10.6. The van der Waals surface area contributed by atoms with Crippen molar-refractivity contribution in [1.82, 2.24) is 0 Å². The summed E-state index contributed by atoms with van der Waals surface area (Å²) in [6.07, 6.45) is 7.10. The third kappa shape index (κ3) is 6.43. The molecule has 0 N–H and O–H groups in total. The molecule has 0 aliphatic heterocycles. The fraction of sp³-hybridized carbons (Fsp3) is 0.579. The maximum absolute atomic E-state index is 12.3. The zero-order chi connectivity index (χ0) is 17.6. The Labute approximate surface area is 139 Å². The van der Waals surface area contributed by atoms with Crippen LogP contribution in [0, 0.1) is 17.3 Å². The Hall–Kier alpha value is -1.84. The number of ether oxygens (including phenoxy) is 2. The van der Waals surface area contributed by atoms with Crippen molar-refractivity contribution in [3.05, 3.63) is 35.5 Å². The highest BCUT2D eigenvalue weighted by Crippen LogP contribution is 2.27. The van der Waals surface area contributed by atoms with Crippen molar-refractivity contribution in [2.75, 3.05) is 13.2 Å². The number of hydrogen-bond acceptors (Lipinski definition) is 4. The molecule has 0 saturated carbocycles. The fourth-order valence-corrected chi connectivity index (χ4v) is 1.83. The van der Waals surface area contributed by atoms with Crippen molar-refractivity contribution in [3.8, 4) is 0 Å². The highest BCUT2D eigenvalue weighted by molar-refractivity contribution is 6.04. The van der Waals surface area contributed by atoms with E-state index in [0.717, 1.165) is 0 Å². The standard InChI is InChI=1S/C19H28O4/c1-13(2)11-22-17(20)15-7-9-19(5,6)10-8-16(15)18(21)23-12-14(3)4/h7-10,13-14H,11-12H2,1-6H3. The predicted octanol–water partition coefficient (Wildman–Crippen LogP) is 3.83. The Balaban J connectivity index is 3.08. The summed E-state index contributed by atoms with van der Waals surface area (Å²) in [6, 6.07) is 0. The normalized spacial score (nSPS) is 16.7. The molecule has 4 nitrogen and oxygen atoms in total. The summed E-state index contributed by atoms with van der Waals surface area (Å²) in [5.41, 5.74) is 0.256. The largest absolute Gasteiger partial charge is 0.462 e. The van der Waals surface area contributed by atoms with E-state index in [1.165, 1.54) is 0 Å². The van der Waals surface area contributed by atoms with Crippen molar-refractivity contribution in [3.63, 3.8) is 0 Å². The Kier molecular flexibility index (Phi) is 6.79. The van der Waals surface area contributed by atoms with E-state index in [4.69, 9.17) is 9.47 Å². The molecule has 1 aliphatic carbocycles. The van der Waals surface area contributed by atoms with Gasteiger partial charge in [0, 0.05) is 5.41 Å². The van der Waals surface area contributed by atoms with Crippen LogP contribution in [0.25, 0.3) is 0 Å². The minimum atomic E-state index is -0.492. The van der Waals surface area contributed by atoms with E-state index in [-0.39, 0.29) is 28.4 Å². The van der Waals surface area contributed by atoms with Gasteiger partial charge in [-0.25, -0.2) is 9.59 Å². The van der Waals surface area contributed by atoms with Gasteiger partial charge in [0.1, 0.15) is 0 Å². The van der Waals surface area contributed by atoms with Gasteiger partial charge in [-0.05, 0) is 24.0 Å². The molecule has 0 unspecified atom stereocenters. The molecule has 0 saturated heterocycles. The molecule has 0 fully saturated rings. The van der Waals surface area contributed by atoms with Crippen LogP contribution in [-0.2, 0) is 19.1 Å². The molecule has 0 radical (unpaired) electrons. The molecule has 0 aromatic heterocycles.